The molecule has 1 fully saturated rings. The van der Waals surface area contributed by atoms with Crippen molar-refractivity contribution in [3.63, 3.8) is 0 Å². The van der Waals surface area contributed by atoms with E-state index in [9.17, 15) is 14.7 Å². The second kappa shape index (κ2) is 7.11. The van der Waals surface area contributed by atoms with E-state index < -0.39 is 5.60 Å². The SMILES string of the molecule is CC(=O)Nc1ccc(Cl)c(NC(=O)CC2(O)CCCCC2)c1. The van der Waals surface area contributed by atoms with E-state index in [1.165, 1.54) is 6.92 Å². The fourth-order valence-corrected chi connectivity index (χ4v) is 2.95. The van der Waals surface area contributed by atoms with Gasteiger partial charge < -0.3 is 15.7 Å². The summed E-state index contributed by atoms with van der Waals surface area (Å²) in [7, 11) is 0. The molecule has 6 heteroatoms. The minimum Gasteiger partial charge on any atom is -0.389 e. The van der Waals surface area contributed by atoms with Gasteiger partial charge in [-0.15, -0.1) is 0 Å². The van der Waals surface area contributed by atoms with E-state index in [-0.39, 0.29) is 18.2 Å². The van der Waals surface area contributed by atoms with Crippen molar-refractivity contribution >= 4 is 34.8 Å². The first-order chi connectivity index (χ1) is 10.4. The number of amides is 2. The zero-order chi connectivity index (χ0) is 16.2. The van der Waals surface area contributed by atoms with Gasteiger partial charge in [0.2, 0.25) is 11.8 Å². The van der Waals surface area contributed by atoms with Crippen molar-refractivity contribution in [1.82, 2.24) is 0 Å². The molecule has 0 heterocycles. The number of carbonyl (C=O) groups excluding carboxylic acids is 2. The second-order valence-electron chi connectivity index (χ2n) is 5.89. The summed E-state index contributed by atoms with van der Waals surface area (Å²) in [6.45, 7) is 1.41. The normalized spacial score (nSPS) is 16.9. The summed E-state index contributed by atoms with van der Waals surface area (Å²) in [6.07, 6.45) is 4.37. The van der Waals surface area contributed by atoms with E-state index in [4.69, 9.17) is 11.6 Å². The molecule has 1 aliphatic rings. The molecule has 2 rings (SSSR count). The van der Waals surface area contributed by atoms with Gasteiger partial charge in [-0.05, 0) is 31.0 Å². The van der Waals surface area contributed by atoms with Gasteiger partial charge in [-0.1, -0.05) is 30.9 Å². The van der Waals surface area contributed by atoms with Crippen LogP contribution in [-0.4, -0.2) is 22.5 Å². The lowest BCUT2D eigenvalue weighted by atomic mass is 9.82. The Hall–Kier alpha value is -1.59. The maximum atomic E-state index is 12.2. The molecular formula is C16H21ClN2O3. The van der Waals surface area contributed by atoms with Gasteiger partial charge in [0, 0.05) is 12.6 Å². The first-order valence-corrected chi connectivity index (χ1v) is 7.85. The molecule has 0 spiro atoms. The van der Waals surface area contributed by atoms with Crippen LogP contribution in [0.3, 0.4) is 0 Å². The lowest BCUT2D eigenvalue weighted by molar-refractivity contribution is -0.122. The molecule has 1 saturated carbocycles. The van der Waals surface area contributed by atoms with Crippen molar-refractivity contribution in [3.8, 4) is 0 Å². The Balaban J connectivity index is 2.02. The summed E-state index contributed by atoms with van der Waals surface area (Å²) in [5.41, 5.74) is 0.0743. The van der Waals surface area contributed by atoms with E-state index in [1.54, 1.807) is 18.2 Å². The van der Waals surface area contributed by atoms with E-state index in [2.05, 4.69) is 10.6 Å². The monoisotopic (exact) mass is 324 g/mol. The number of rotatable bonds is 4. The number of nitrogens with one attached hydrogen (secondary N) is 2. The third-order valence-electron chi connectivity index (χ3n) is 3.83. The molecule has 0 aromatic heterocycles. The van der Waals surface area contributed by atoms with Crippen molar-refractivity contribution in [1.29, 1.82) is 0 Å². The van der Waals surface area contributed by atoms with Crippen LogP contribution in [0.15, 0.2) is 18.2 Å². The van der Waals surface area contributed by atoms with Gasteiger partial charge in [0.1, 0.15) is 0 Å². The number of halogens is 1. The van der Waals surface area contributed by atoms with Gasteiger partial charge >= 0.3 is 0 Å². The molecule has 120 valence electrons. The predicted molar refractivity (Wildman–Crippen MR) is 87.0 cm³/mol. The van der Waals surface area contributed by atoms with Crippen LogP contribution in [0, 0.1) is 0 Å². The molecule has 0 saturated heterocycles. The van der Waals surface area contributed by atoms with Crippen LogP contribution in [0.5, 0.6) is 0 Å². The fraction of sp³-hybridized carbons (Fsp3) is 0.500. The van der Waals surface area contributed by atoms with Gasteiger partial charge in [-0.2, -0.15) is 0 Å². The van der Waals surface area contributed by atoms with Crippen LogP contribution < -0.4 is 10.6 Å². The summed E-state index contributed by atoms with van der Waals surface area (Å²) < 4.78 is 0. The van der Waals surface area contributed by atoms with Crippen LogP contribution in [-0.2, 0) is 9.59 Å². The zero-order valence-electron chi connectivity index (χ0n) is 12.6. The molecule has 0 aliphatic heterocycles. The van der Waals surface area contributed by atoms with Crippen molar-refractivity contribution in [2.75, 3.05) is 10.6 Å². The van der Waals surface area contributed by atoms with Gasteiger partial charge in [0.05, 0.1) is 22.7 Å². The summed E-state index contributed by atoms with van der Waals surface area (Å²) in [6, 6.07) is 4.87. The first kappa shape index (κ1) is 16.8. The van der Waals surface area contributed by atoms with Gasteiger partial charge in [-0.25, -0.2) is 0 Å². The zero-order valence-corrected chi connectivity index (χ0v) is 13.4. The molecule has 0 radical (unpaired) electrons. The van der Waals surface area contributed by atoms with E-state index >= 15 is 0 Å². The van der Waals surface area contributed by atoms with Crippen LogP contribution in [0.25, 0.3) is 0 Å². The highest BCUT2D eigenvalue weighted by atomic mass is 35.5. The fourth-order valence-electron chi connectivity index (χ4n) is 2.78. The molecule has 1 aromatic carbocycles. The quantitative estimate of drug-likeness (QED) is 0.795. The van der Waals surface area contributed by atoms with Crippen LogP contribution in [0.4, 0.5) is 11.4 Å². The topological polar surface area (TPSA) is 78.4 Å². The van der Waals surface area contributed by atoms with Crippen LogP contribution in [0.1, 0.15) is 45.4 Å². The Morgan fingerprint density at radius 1 is 1.23 bits per heavy atom. The summed E-state index contributed by atoms with van der Waals surface area (Å²) in [5.74, 6) is -0.470. The molecule has 22 heavy (non-hydrogen) atoms. The minimum atomic E-state index is -0.913. The standard InChI is InChI=1S/C16H21ClN2O3/c1-11(20)18-12-5-6-13(17)14(9-12)19-15(21)10-16(22)7-3-2-4-8-16/h5-6,9,22H,2-4,7-8,10H2,1H3,(H,18,20)(H,19,21). The second-order valence-corrected chi connectivity index (χ2v) is 6.29. The number of aliphatic hydroxyl groups is 1. The van der Waals surface area contributed by atoms with Crippen molar-refractivity contribution in [2.24, 2.45) is 0 Å². The highest BCUT2D eigenvalue weighted by Gasteiger charge is 2.31. The number of hydrogen-bond donors (Lipinski definition) is 3. The van der Waals surface area contributed by atoms with E-state index in [0.717, 1.165) is 19.3 Å². The maximum Gasteiger partial charge on any atom is 0.227 e. The Bertz CT molecular complexity index is 569. The Morgan fingerprint density at radius 2 is 1.91 bits per heavy atom. The lowest BCUT2D eigenvalue weighted by Gasteiger charge is -2.31. The first-order valence-electron chi connectivity index (χ1n) is 7.47. The minimum absolute atomic E-state index is 0.0632. The van der Waals surface area contributed by atoms with Gasteiger partial charge in [-0.3, -0.25) is 9.59 Å². The van der Waals surface area contributed by atoms with Crippen LogP contribution >= 0.6 is 11.6 Å². The predicted octanol–water partition coefficient (Wildman–Crippen LogP) is 3.32. The average molecular weight is 325 g/mol. The van der Waals surface area contributed by atoms with Crippen molar-refractivity contribution in [3.05, 3.63) is 23.2 Å². The number of carbonyl (C=O) groups is 2. The molecule has 0 atom stereocenters. The molecule has 3 N–H and O–H groups in total. The van der Waals surface area contributed by atoms with Gasteiger partial charge in [0.15, 0.2) is 0 Å². The van der Waals surface area contributed by atoms with E-state index in [1.807, 2.05) is 0 Å². The largest absolute Gasteiger partial charge is 0.389 e. The number of benzene rings is 1. The molecule has 1 aliphatic carbocycles. The summed E-state index contributed by atoms with van der Waals surface area (Å²) in [4.78, 5) is 23.2. The summed E-state index contributed by atoms with van der Waals surface area (Å²) >= 11 is 6.06. The molecular weight excluding hydrogens is 304 g/mol. The van der Waals surface area contributed by atoms with E-state index in [0.29, 0.717) is 29.2 Å². The summed E-state index contributed by atoms with van der Waals surface area (Å²) in [5, 5.41) is 16.1. The Kier molecular flexibility index (Phi) is 5.42. The smallest absolute Gasteiger partial charge is 0.227 e. The molecule has 0 unspecified atom stereocenters. The van der Waals surface area contributed by atoms with Crippen LogP contribution in [0.2, 0.25) is 5.02 Å². The van der Waals surface area contributed by atoms with Crippen molar-refractivity contribution in [2.45, 2.75) is 51.0 Å². The molecule has 0 bridgehead atoms. The molecule has 5 nitrogen and oxygen atoms in total. The number of anilines is 2. The van der Waals surface area contributed by atoms with Gasteiger partial charge in [0.25, 0.3) is 0 Å². The third-order valence-corrected chi connectivity index (χ3v) is 4.16. The lowest BCUT2D eigenvalue weighted by Crippen LogP contribution is -2.35. The third kappa shape index (κ3) is 4.71. The number of hydrogen-bond acceptors (Lipinski definition) is 3. The molecule has 1 aromatic rings. The Morgan fingerprint density at radius 3 is 2.55 bits per heavy atom. The average Bonchev–Trinajstić information content (AvgIpc) is 2.42. The highest BCUT2D eigenvalue weighted by Crippen LogP contribution is 2.32. The molecule has 2 amide bonds. The maximum absolute atomic E-state index is 12.2. The van der Waals surface area contributed by atoms with Crippen molar-refractivity contribution < 1.29 is 14.7 Å². The Labute approximate surface area is 135 Å². The highest BCUT2D eigenvalue weighted by molar-refractivity contribution is 6.33.